The Morgan fingerprint density at radius 2 is 1.95 bits per heavy atom. The molecule has 5 heteroatoms. The Morgan fingerprint density at radius 1 is 1.18 bits per heavy atom. The summed E-state index contributed by atoms with van der Waals surface area (Å²) >= 11 is 0. The number of hydrogen-bond donors (Lipinski definition) is 1. The topological polar surface area (TPSA) is 52.7 Å². The Hall–Kier alpha value is -1.10. The number of carbonyl (C=O) groups excluding carboxylic acids is 2. The molecule has 2 fully saturated rings. The van der Waals surface area contributed by atoms with Gasteiger partial charge >= 0.3 is 0 Å². The zero-order valence-corrected chi connectivity index (χ0v) is 14.3. The first-order chi connectivity index (χ1) is 10.6. The van der Waals surface area contributed by atoms with Crippen molar-refractivity contribution in [3.63, 3.8) is 0 Å². The van der Waals surface area contributed by atoms with Crippen molar-refractivity contribution in [3.05, 3.63) is 0 Å². The maximum Gasteiger partial charge on any atom is 0.227 e. The monoisotopic (exact) mass is 309 g/mol. The summed E-state index contributed by atoms with van der Waals surface area (Å²) < 4.78 is 0. The summed E-state index contributed by atoms with van der Waals surface area (Å²) in [5.74, 6) is 1.14. The highest BCUT2D eigenvalue weighted by atomic mass is 16.2. The minimum Gasteiger partial charge on any atom is -0.342 e. The Kier molecular flexibility index (Phi) is 6.24. The molecule has 2 saturated heterocycles. The van der Waals surface area contributed by atoms with Crippen molar-refractivity contribution in [1.82, 2.24) is 15.1 Å². The smallest absolute Gasteiger partial charge is 0.227 e. The fourth-order valence-electron chi connectivity index (χ4n) is 3.61. The van der Waals surface area contributed by atoms with Crippen LogP contribution in [0.5, 0.6) is 0 Å². The number of carbonyl (C=O) groups is 2. The molecule has 0 radical (unpaired) electrons. The van der Waals surface area contributed by atoms with Gasteiger partial charge in [0.2, 0.25) is 11.8 Å². The Balaban J connectivity index is 1.89. The van der Waals surface area contributed by atoms with E-state index in [0.29, 0.717) is 12.5 Å². The Morgan fingerprint density at radius 3 is 2.64 bits per heavy atom. The summed E-state index contributed by atoms with van der Waals surface area (Å²) in [6.45, 7) is 8.19. The van der Waals surface area contributed by atoms with E-state index in [-0.39, 0.29) is 23.7 Å². The van der Waals surface area contributed by atoms with E-state index in [1.165, 1.54) is 0 Å². The van der Waals surface area contributed by atoms with E-state index in [9.17, 15) is 9.59 Å². The molecule has 3 atom stereocenters. The minimum absolute atomic E-state index is 0.00934. The molecule has 0 spiro atoms. The Labute approximate surface area is 134 Å². The number of hydrogen-bond acceptors (Lipinski definition) is 3. The molecule has 2 aliphatic rings. The van der Waals surface area contributed by atoms with Crippen LogP contribution in [0.4, 0.5) is 0 Å². The van der Waals surface area contributed by atoms with Crippen molar-refractivity contribution >= 4 is 11.8 Å². The van der Waals surface area contributed by atoms with Crippen LogP contribution in [0.1, 0.15) is 39.5 Å². The second kappa shape index (κ2) is 7.95. The largest absolute Gasteiger partial charge is 0.342 e. The van der Waals surface area contributed by atoms with Crippen LogP contribution in [0.15, 0.2) is 0 Å². The molecule has 0 saturated carbocycles. The van der Waals surface area contributed by atoms with Crippen LogP contribution in [0.2, 0.25) is 0 Å². The lowest BCUT2D eigenvalue weighted by atomic mass is 9.95. The molecule has 0 bridgehead atoms. The first-order valence-electron chi connectivity index (χ1n) is 8.79. The van der Waals surface area contributed by atoms with Crippen LogP contribution in [0, 0.1) is 17.8 Å². The summed E-state index contributed by atoms with van der Waals surface area (Å²) in [4.78, 5) is 29.0. The van der Waals surface area contributed by atoms with Gasteiger partial charge in [0, 0.05) is 32.1 Å². The molecule has 0 aromatic carbocycles. The lowest BCUT2D eigenvalue weighted by molar-refractivity contribution is -0.142. The average molecular weight is 309 g/mol. The normalized spacial score (nSPS) is 27.0. The van der Waals surface area contributed by atoms with Crippen LogP contribution < -0.4 is 5.32 Å². The van der Waals surface area contributed by atoms with Crippen LogP contribution in [-0.2, 0) is 9.59 Å². The average Bonchev–Trinajstić information content (AvgIpc) is 3.01. The van der Waals surface area contributed by atoms with Crippen LogP contribution in [0.25, 0.3) is 0 Å². The summed E-state index contributed by atoms with van der Waals surface area (Å²) in [5, 5.41) is 3.20. The quantitative estimate of drug-likeness (QED) is 0.834. The summed E-state index contributed by atoms with van der Waals surface area (Å²) in [6, 6.07) is 0. The van der Waals surface area contributed by atoms with E-state index in [1.807, 2.05) is 30.7 Å². The maximum atomic E-state index is 12.7. The molecule has 1 N–H and O–H groups in total. The number of nitrogens with zero attached hydrogens (tertiary/aromatic N) is 2. The number of nitrogens with one attached hydrogen (secondary N) is 1. The first-order valence-corrected chi connectivity index (χ1v) is 8.79. The van der Waals surface area contributed by atoms with Crippen LogP contribution in [0.3, 0.4) is 0 Å². The van der Waals surface area contributed by atoms with E-state index in [1.54, 1.807) is 0 Å². The molecule has 2 aliphatic heterocycles. The van der Waals surface area contributed by atoms with E-state index >= 15 is 0 Å². The standard InChI is InChI=1S/C17H31N3O2/c1-4-13(2)16(21)19-8-5-6-15(12-19)17(22)20-9-7-14(11-20)10-18-3/h13-15,18H,4-12H2,1-3H3. The maximum absolute atomic E-state index is 12.7. The van der Waals surface area contributed by atoms with Gasteiger partial charge < -0.3 is 15.1 Å². The molecule has 0 aromatic rings. The fraction of sp³-hybridized carbons (Fsp3) is 0.882. The molecule has 126 valence electrons. The van der Waals surface area contributed by atoms with E-state index in [2.05, 4.69) is 5.32 Å². The highest BCUT2D eigenvalue weighted by molar-refractivity contribution is 5.82. The summed E-state index contributed by atoms with van der Waals surface area (Å²) in [6.07, 6.45) is 3.84. The van der Waals surface area contributed by atoms with Gasteiger partial charge in [-0.2, -0.15) is 0 Å². The highest BCUT2D eigenvalue weighted by Crippen LogP contribution is 2.24. The molecule has 2 heterocycles. The zero-order valence-electron chi connectivity index (χ0n) is 14.3. The minimum atomic E-state index is 0.00934. The van der Waals surface area contributed by atoms with Gasteiger partial charge in [0.1, 0.15) is 0 Å². The third-order valence-electron chi connectivity index (χ3n) is 5.21. The van der Waals surface area contributed by atoms with Gasteiger partial charge in [-0.25, -0.2) is 0 Å². The molecule has 2 rings (SSSR count). The van der Waals surface area contributed by atoms with Gasteiger partial charge in [0.25, 0.3) is 0 Å². The predicted molar refractivity (Wildman–Crippen MR) is 87.4 cm³/mol. The van der Waals surface area contributed by atoms with E-state index in [0.717, 1.165) is 51.9 Å². The number of piperidine rings is 1. The first kappa shape index (κ1) is 17.3. The van der Waals surface area contributed by atoms with Gasteiger partial charge in [-0.1, -0.05) is 13.8 Å². The van der Waals surface area contributed by atoms with Gasteiger partial charge in [-0.3, -0.25) is 9.59 Å². The summed E-state index contributed by atoms with van der Waals surface area (Å²) in [5.41, 5.74) is 0. The van der Waals surface area contributed by atoms with E-state index in [4.69, 9.17) is 0 Å². The molecular formula is C17H31N3O2. The third kappa shape index (κ3) is 4.00. The lowest BCUT2D eigenvalue weighted by Gasteiger charge is -2.35. The number of rotatable bonds is 5. The molecule has 22 heavy (non-hydrogen) atoms. The van der Waals surface area contributed by atoms with Crippen molar-refractivity contribution < 1.29 is 9.59 Å². The van der Waals surface area contributed by atoms with Crippen LogP contribution in [-0.4, -0.2) is 61.4 Å². The number of likely N-dealkylation sites (tertiary alicyclic amines) is 2. The second-order valence-corrected chi connectivity index (χ2v) is 6.93. The molecule has 5 nitrogen and oxygen atoms in total. The summed E-state index contributed by atoms with van der Waals surface area (Å²) in [7, 11) is 1.96. The number of amides is 2. The van der Waals surface area contributed by atoms with E-state index < -0.39 is 0 Å². The molecule has 0 aromatic heterocycles. The van der Waals surface area contributed by atoms with Crippen molar-refractivity contribution in [3.8, 4) is 0 Å². The van der Waals surface area contributed by atoms with Gasteiger partial charge in [-0.15, -0.1) is 0 Å². The predicted octanol–water partition coefficient (Wildman–Crippen LogP) is 1.34. The van der Waals surface area contributed by atoms with Crippen molar-refractivity contribution in [2.45, 2.75) is 39.5 Å². The SMILES string of the molecule is CCC(C)C(=O)N1CCCC(C(=O)N2CCC(CNC)C2)C1. The van der Waals surface area contributed by atoms with Gasteiger partial charge in [0.05, 0.1) is 5.92 Å². The van der Waals surface area contributed by atoms with Gasteiger partial charge in [0.15, 0.2) is 0 Å². The molecule has 3 unspecified atom stereocenters. The van der Waals surface area contributed by atoms with Crippen molar-refractivity contribution in [1.29, 1.82) is 0 Å². The molecule has 0 aliphatic carbocycles. The Bertz CT molecular complexity index is 399. The molecule has 2 amide bonds. The third-order valence-corrected chi connectivity index (χ3v) is 5.21. The van der Waals surface area contributed by atoms with Crippen LogP contribution >= 0.6 is 0 Å². The van der Waals surface area contributed by atoms with Crippen molar-refractivity contribution in [2.75, 3.05) is 39.8 Å². The zero-order chi connectivity index (χ0) is 16.1. The fourth-order valence-corrected chi connectivity index (χ4v) is 3.61. The molecular weight excluding hydrogens is 278 g/mol. The highest BCUT2D eigenvalue weighted by Gasteiger charge is 2.34. The van der Waals surface area contributed by atoms with Crippen molar-refractivity contribution in [2.24, 2.45) is 17.8 Å². The second-order valence-electron chi connectivity index (χ2n) is 6.93. The lowest BCUT2D eigenvalue weighted by Crippen LogP contribution is -2.47. The van der Waals surface area contributed by atoms with Gasteiger partial charge in [-0.05, 0) is 45.2 Å².